The van der Waals surface area contributed by atoms with Crippen molar-refractivity contribution < 1.29 is 9.53 Å². The maximum absolute atomic E-state index is 12.6. The van der Waals surface area contributed by atoms with Gasteiger partial charge in [0.25, 0.3) is 0 Å². The molecule has 1 N–H and O–H groups in total. The minimum atomic E-state index is -0.0604. The van der Waals surface area contributed by atoms with E-state index < -0.39 is 0 Å². The van der Waals surface area contributed by atoms with Crippen molar-refractivity contribution in [3.8, 4) is 5.75 Å². The third-order valence-corrected chi connectivity index (χ3v) is 3.59. The van der Waals surface area contributed by atoms with Crippen LogP contribution in [-0.2, 0) is 4.79 Å². The molecule has 21 heavy (non-hydrogen) atoms. The Morgan fingerprint density at radius 3 is 2.67 bits per heavy atom. The lowest BCUT2D eigenvalue weighted by Gasteiger charge is -2.33. The molecule has 116 valence electrons. The third kappa shape index (κ3) is 4.21. The Kier molecular flexibility index (Phi) is 5.62. The van der Waals surface area contributed by atoms with Gasteiger partial charge in [0.1, 0.15) is 5.75 Å². The monoisotopic (exact) mass is 290 g/mol. The second-order valence-corrected chi connectivity index (χ2v) is 5.85. The van der Waals surface area contributed by atoms with Gasteiger partial charge >= 0.3 is 0 Å². The Labute approximate surface area is 127 Å². The number of benzene rings is 1. The zero-order chi connectivity index (χ0) is 15.2. The van der Waals surface area contributed by atoms with Crippen LogP contribution in [0.2, 0.25) is 0 Å². The molecule has 0 aliphatic carbocycles. The van der Waals surface area contributed by atoms with Crippen molar-refractivity contribution in [1.29, 1.82) is 0 Å². The van der Waals surface area contributed by atoms with Crippen molar-refractivity contribution in [2.45, 2.75) is 52.1 Å². The van der Waals surface area contributed by atoms with Crippen molar-refractivity contribution in [2.24, 2.45) is 0 Å². The highest BCUT2D eigenvalue weighted by Crippen LogP contribution is 2.24. The van der Waals surface area contributed by atoms with Gasteiger partial charge in [0, 0.05) is 18.3 Å². The van der Waals surface area contributed by atoms with Gasteiger partial charge in [-0.2, -0.15) is 0 Å². The largest absolute Gasteiger partial charge is 0.494 e. The normalized spacial score (nSPS) is 19.1. The van der Waals surface area contributed by atoms with Crippen LogP contribution in [0.15, 0.2) is 24.3 Å². The Bertz CT molecular complexity index is 456. The first kappa shape index (κ1) is 15.8. The maximum Gasteiger partial charge on any atom is 0.244 e. The number of piperidine rings is 1. The first-order valence-electron chi connectivity index (χ1n) is 7.92. The van der Waals surface area contributed by atoms with Crippen LogP contribution < -0.4 is 15.0 Å². The maximum atomic E-state index is 12.6. The van der Waals surface area contributed by atoms with E-state index in [0.29, 0.717) is 6.04 Å². The summed E-state index contributed by atoms with van der Waals surface area (Å²) >= 11 is 0. The van der Waals surface area contributed by atoms with Crippen LogP contribution >= 0.6 is 0 Å². The number of anilines is 1. The fraction of sp³-hybridized carbons (Fsp3) is 0.588. The average molecular weight is 290 g/mol. The van der Waals surface area contributed by atoms with E-state index in [0.717, 1.165) is 43.9 Å². The molecule has 1 unspecified atom stereocenters. The summed E-state index contributed by atoms with van der Waals surface area (Å²) in [7, 11) is 0. The smallest absolute Gasteiger partial charge is 0.244 e. The van der Waals surface area contributed by atoms with Crippen molar-refractivity contribution in [3.05, 3.63) is 24.3 Å². The van der Waals surface area contributed by atoms with Gasteiger partial charge in [0.15, 0.2) is 0 Å². The molecule has 1 aromatic rings. The minimum absolute atomic E-state index is 0.0604. The van der Waals surface area contributed by atoms with Gasteiger partial charge in [-0.05, 0) is 43.5 Å². The van der Waals surface area contributed by atoms with Crippen LogP contribution in [0.5, 0.6) is 5.75 Å². The number of amides is 1. The molecule has 1 atom stereocenters. The first-order chi connectivity index (χ1) is 10.1. The molecule has 1 saturated heterocycles. The second-order valence-electron chi connectivity index (χ2n) is 5.85. The van der Waals surface area contributed by atoms with Gasteiger partial charge in [-0.15, -0.1) is 0 Å². The Balaban J connectivity index is 2.04. The van der Waals surface area contributed by atoms with Gasteiger partial charge in [0.05, 0.1) is 12.6 Å². The summed E-state index contributed by atoms with van der Waals surface area (Å²) in [5.41, 5.74) is 0.958. The summed E-state index contributed by atoms with van der Waals surface area (Å²) in [6.07, 6.45) is 2.95. The molecule has 1 amide bonds. The fourth-order valence-electron chi connectivity index (χ4n) is 2.63. The molecule has 0 spiro atoms. The number of nitrogens with one attached hydrogen (secondary N) is 1. The molecule has 1 aliphatic rings. The van der Waals surface area contributed by atoms with Gasteiger partial charge in [-0.1, -0.05) is 20.8 Å². The Morgan fingerprint density at radius 1 is 1.33 bits per heavy atom. The Morgan fingerprint density at radius 2 is 2.05 bits per heavy atom. The van der Waals surface area contributed by atoms with E-state index in [9.17, 15) is 4.79 Å². The molecular formula is C17H26N2O2. The first-order valence-corrected chi connectivity index (χ1v) is 7.92. The quantitative estimate of drug-likeness (QED) is 0.876. The molecular weight excluding hydrogens is 264 g/mol. The Hall–Kier alpha value is -1.55. The lowest BCUT2D eigenvalue weighted by Crippen LogP contribution is -2.52. The van der Waals surface area contributed by atoms with E-state index in [1.54, 1.807) is 0 Å². The summed E-state index contributed by atoms with van der Waals surface area (Å²) in [5, 5.41) is 3.35. The lowest BCUT2D eigenvalue weighted by atomic mass is 10.0. The highest BCUT2D eigenvalue weighted by molar-refractivity contribution is 5.98. The molecule has 0 radical (unpaired) electrons. The predicted molar refractivity (Wildman–Crippen MR) is 85.9 cm³/mol. The highest BCUT2D eigenvalue weighted by Gasteiger charge is 2.29. The van der Waals surface area contributed by atoms with Gasteiger partial charge in [-0.3, -0.25) is 4.79 Å². The van der Waals surface area contributed by atoms with Crippen LogP contribution in [-0.4, -0.2) is 31.1 Å². The highest BCUT2D eigenvalue weighted by atomic mass is 16.5. The van der Waals surface area contributed by atoms with Crippen molar-refractivity contribution in [3.63, 3.8) is 0 Å². The molecule has 2 rings (SSSR count). The molecule has 0 saturated carbocycles. The lowest BCUT2D eigenvalue weighted by molar-refractivity contribution is -0.121. The molecule has 1 aliphatic heterocycles. The summed E-state index contributed by atoms with van der Waals surface area (Å²) in [6.45, 7) is 7.76. The number of hydrogen-bond acceptors (Lipinski definition) is 3. The SMILES string of the molecule is CCCOc1ccc(N2CCCC(NC(C)C)C2=O)cc1. The number of carbonyl (C=O) groups excluding carboxylic acids is 1. The van der Waals surface area contributed by atoms with E-state index >= 15 is 0 Å². The van der Waals surface area contributed by atoms with Crippen molar-refractivity contribution >= 4 is 11.6 Å². The minimum Gasteiger partial charge on any atom is -0.494 e. The molecule has 1 aromatic carbocycles. The fourth-order valence-corrected chi connectivity index (χ4v) is 2.63. The topological polar surface area (TPSA) is 41.6 Å². The number of ether oxygens (including phenoxy) is 1. The second kappa shape index (κ2) is 7.46. The number of carbonyl (C=O) groups is 1. The molecule has 1 fully saturated rings. The van der Waals surface area contributed by atoms with Crippen LogP contribution in [0.4, 0.5) is 5.69 Å². The van der Waals surface area contributed by atoms with Gasteiger partial charge < -0.3 is 15.0 Å². The zero-order valence-electron chi connectivity index (χ0n) is 13.3. The van der Waals surface area contributed by atoms with Crippen LogP contribution in [0.3, 0.4) is 0 Å². The molecule has 4 heteroatoms. The van der Waals surface area contributed by atoms with Gasteiger partial charge in [-0.25, -0.2) is 0 Å². The summed E-state index contributed by atoms with van der Waals surface area (Å²) in [4.78, 5) is 14.4. The summed E-state index contributed by atoms with van der Waals surface area (Å²) in [5.74, 6) is 1.04. The van der Waals surface area contributed by atoms with E-state index in [4.69, 9.17) is 4.74 Å². The van der Waals surface area contributed by atoms with Crippen molar-refractivity contribution in [2.75, 3.05) is 18.1 Å². The average Bonchev–Trinajstić information content (AvgIpc) is 2.47. The predicted octanol–water partition coefficient (Wildman–Crippen LogP) is 2.97. The van der Waals surface area contributed by atoms with Crippen LogP contribution in [0, 0.1) is 0 Å². The van der Waals surface area contributed by atoms with Crippen molar-refractivity contribution in [1.82, 2.24) is 5.32 Å². The molecule has 4 nitrogen and oxygen atoms in total. The van der Waals surface area contributed by atoms with E-state index in [2.05, 4.69) is 26.1 Å². The third-order valence-electron chi connectivity index (χ3n) is 3.59. The standard InChI is InChI=1S/C17H26N2O2/c1-4-12-21-15-9-7-14(8-10-15)19-11-5-6-16(17(19)20)18-13(2)3/h7-10,13,16,18H,4-6,11-12H2,1-3H3. The van der Waals surface area contributed by atoms with E-state index in [1.165, 1.54) is 0 Å². The number of nitrogens with zero attached hydrogens (tertiary/aromatic N) is 1. The molecule has 0 bridgehead atoms. The summed E-state index contributed by atoms with van der Waals surface area (Å²) in [6, 6.07) is 8.09. The van der Waals surface area contributed by atoms with Crippen LogP contribution in [0.25, 0.3) is 0 Å². The number of hydrogen-bond donors (Lipinski definition) is 1. The molecule has 0 aromatic heterocycles. The van der Waals surface area contributed by atoms with Crippen LogP contribution in [0.1, 0.15) is 40.0 Å². The molecule has 1 heterocycles. The van der Waals surface area contributed by atoms with E-state index in [-0.39, 0.29) is 11.9 Å². The summed E-state index contributed by atoms with van der Waals surface area (Å²) < 4.78 is 5.58. The van der Waals surface area contributed by atoms with Gasteiger partial charge in [0.2, 0.25) is 5.91 Å². The number of rotatable bonds is 6. The zero-order valence-corrected chi connectivity index (χ0v) is 13.3. The van der Waals surface area contributed by atoms with E-state index in [1.807, 2.05) is 29.2 Å².